The third-order valence-corrected chi connectivity index (χ3v) is 3.93. The Kier molecular flexibility index (Phi) is 2.98. The second kappa shape index (κ2) is 4.05. The highest BCUT2D eigenvalue weighted by atomic mass is 19.3. The second-order valence-electron chi connectivity index (χ2n) is 5.47. The minimum Gasteiger partial charge on any atom is -0.326 e. The monoisotopic (exact) mass is 239 g/mol. The summed E-state index contributed by atoms with van der Waals surface area (Å²) in [5, 5.41) is 0. The number of rotatable bonds is 4. The zero-order valence-corrected chi connectivity index (χ0v) is 10.3. The van der Waals surface area contributed by atoms with E-state index in [1.54, 1.807) is 26.0 Å². The third kappa shape index (κ3) is 2.08. The number of benzene rings is 1. The van der Waals surface area contributed by atoms with Crippen molar-refractivity contribution in [1.29, 1.82) is 0 Å². The van der Waals surface area contributed by atoms with Gasteiger partial charge in [-0.3, -0.25) is 0 Å². The molecule has 0 heterocycles. The molecule has 2 N–H and O–H groups in total. The van der Waals surface area contributed by atoms with Crippen molar-refractivity contribution >= 4 is 0 Å². The van der Waals surface area contributed by atoms with Gasteiger partial charge in [-0.1, -0.05) is 32.0 Å². The van der Waals surface area contributed by atoms with Gasteiger partial charge in [0.15, 0.2) is 0 Å². The van der Waals surface area contributed by atoms with Crippen LogP contribution in [0.15, 0.2) is 24.3 Å². The lowest BCUT2D eigenvalue weighted by Gasteiger charge is -2.34. The Bertz CT molecular complexity index is 408. The first-order valence-electron chi connectivity index (χ1n) is 6.07. The van der Waals surface area contributed by atoms with Crippen LogP contribution in [0.2, 0.25) is 0 Å². The van der Waals surface area contributed by atoms with Crippen LogP contribution in [0.1, 0.15) is 37.8 Å². The van der Waals surface area contributed by atoms with Gasteiger partial charge in [-0.2, -0.15) is 0 Å². The van der Waals surface area contributed by atoms with Crippen LogP contribution in [0.25, 0.3) is 0 Å². The fraction of sp³-hybridized carbons (Fsp3) is 0.571. The molecule has 1 aromatic rings. The van der Waals surface area contributed by atoms with Gasteiger partial charge in [-0.05, 0) is 30.4 Å². The fourth-order valence-corrected chi connectivity index (χ4v) is 2.33. The second-order valence-corrected chi connectivity index (χ2v) is 5.47. The molecule has 94 valence electrons. The standard InChI is InChI=1S/C14H19F2N/c1-13(2,11-6-7-11)14(15,16)12-5-3-4-10(8-12)9-17/h3-5,8,11H,6-7,9,17H2,1-2H3. The summed E-state index contributed by atoms with van der Waals surface area (Å²) in [6.07, 6.45) is 1.83. The molecule has 0 unspecified atom stereocenters. The minimum absolute atomic E-state index is 0.0948. The predicted octanol–water partition coefficient (Wildman–Crippen LogP) is 3.67. The minimum atomic E-state index is -2.79. The van der Waals surface area contributed by atoms with Gasteiger partial charge in [0, 0.05) is 17.5 Å². The molecular weight excluding hydrogens is 220 g/mol. The van der Waals surface area contributed by atoms with Gasteiger partial charge >= 0.3 is 0 Å². The molecule has 0 radical (unpaired) electrons. The molecule has 1 fully saturated rings. The number of hydrogen-bond donors (Lipinski definition) is 1. The molecule has 17 heavy (non-hydrogen) atoms. The normalized spacial score (nSPS) is 17.2. The zero-order valence-electron chi connectivity index (χ0n) is 10.3. The Morgan fingerprint density at radius 1 is 1.29 bits per heavy atom. The van der Waals surface area contributed by atoms with E-state index >= 15 is 0 Å². The highest BCUT2D eigenvalue weighted by Gasteiger charge is 2.55. The molecule has 0 spiro atoms. The molecule has 1 aromatic carbocycles. The first kappa shape index (κ1) is 12.5. The summed E-state index contributed by atoms with van der Waals surface area (Å²) in [4.78, 5) is 0. The van der Waals surface area contributed by atoms with Gasteiger partial charge in [0.25, 0.3) is 5.92 Å². The van der Waals surface area contributed by atoms with Crippen molar-refractivity contribution in [2.45, 2.75) is 39.2 Å². The van der Waals surface area contributed by atoms with E-state index in [9.17, 15) is 8.78 Å². The Balaban J connectivity index is 2.35. The van der Waals surface area contributed by atoms with Crippen LogP contribution in [0, 0.1) is 11.3 Å². The van der Waals surface area contributed by atoms with E-state index in [1.165, 1.54) is 12.1 Å². The molecule has 0 amide bonds. The molecular formula is C14H19F2N. The van der Waals surface area contributed by atoms with Crippen LogP contribution < -0.4 is 5.73 Å². The highest BCUT2D eigenvalue weighted by molar-refractivity contribution is 5.29. The smallest absolute Gasteiger partial charge is 0.278 e. The van der Waals surface area contributed by atoms with E-state index in [0.29, 0.717) is 6.54 Å². The van der Waals surface area contributed by atoms with Gasteiger partial charge in [-0.25, -0.2) is 8.78 Å². The highest BCUT2D eigenvalue weighted by Crippen LogP contribution is 2.57. The van der Waals surface area contributed by atoms with Crippen LogP contribution in [0.3, 0.4) is 0 Å². The molecule has 1 aliphatic rings. The molecule has 3 heteroatoms. The van der Waals surface area contributed by atoms with Crippen LogP contribution in [0.4, 0.5) is 8.78 Å². The summed E-state index contributed by atoms with van der Waals surface area (Å²) < 4.78 is 29.0. The number of nitrogens with two attached hydrogens (primary N) is 1. The van der Waals surface area contributed by atoms with Crippen LogP contribution in [0.5, 0.6) is 0 Å². The summed E-state index contributed by atoms with van der Waals surface area (Å²) >= 11 is 0. The third-order valence-electron chi connectivity index (χ3n) is 3.93. The number of halogens is 2. The summed E-state index contributed by atoms with van der Waals surface area (Å²) in [7, 11) is 0. The molecule has 2 rings (SSSR count). The molecule has 0 atom stereocenters. The maximum Gasteiger partial charge on any atom is 0.278 e. The van der Waals surface area contributed by atoms with Crippen molar-refractivity contribution in [3.63, 3.8) is 0 Å². The zero-order chi connectivity index (χ0) is 12.7. The average Bonchev–Trinajstić information content (AvgIpc) is 3.13. The van der Waals surface area contributed by atoms with Crippen molar-refractivity contribution in [1.82, 2.24) is 0 Å². The van der Waals surface area contributed by atoms with Crippen molar-refractivity contribution in [3.8, 4) is 0 Å². The van der Waals surface area contributed by atoms with E-state index < -0.39 is 11.3 Å². The van der Waals surface area contributed by atoms with Gasteiger partial charge in [0.1, 0.15) is 0 Å². The first-order valence-corrected chi connectivity index (χ1v) is 6.07. The lowest BCUT2D eigenvalue weighted by Crippen LogP contribution is -2.36. The Labute approximate surface area is 101 Å². The van der Waals surface area contributed by atoms with Gasteiger partial charge < -0.3 is 5.73 Å². The summed E-state index contributed by atoms with van der Waals surface area (Å²) in [5.41, 5.74) is 5.38. The fourth-order valence-electron chi connectivity index (χ4n) is 2.33. The maximum absolute atomic E-state index is 14.5. The Hall–Kier alpha value is -0.960. The quantitative estimate of drug-likeness (QED) is 0.852. The predicted molar refractivity (Wildman–Crippen MR) is 64.7 cm³/mol. The van der Waals surface area contributed by atoms with Crippen LogP contribution in [-0.4, -0.2) is 0 Å². The van der Waals surface area contributed by atoms with Crippen LogP contribution >= 0.6 is 0 Å². The van der Waals surface area contributed by atoms with E-state index in [1.807, 2.05) is 0 Å². The van der Waals surface area contributed by atoms with Crippen molar-refractivity contribution < 1.29 is 8.78 Å². The van der Waals surface area contributed by atoms with Gasteiger partial charge in [0.2, 0.25) is 0 Å². The van der Waals surface area contributed by atoms with Crippen molar-refractivity contribution in [3.05, 3.63) is 35.4 Å². The topological polar surface area (TPSA) is 26.0 Å². The molecule has 0 aliphatic heterocycles. The maximum atomic E-state index is 14.5. The van der Waals surface area contributed by atoms with E-state index in [4.69, 9.17) is 5.73 Å². The summed E-state index contributed by atoms with van der Waals surface area (Å²) in [6, 6.07) is 6.48. The van der Waals surface area contributed by atoms with Crippen molar-refractivity contribution in [2.75, 3.05) is 0 Å². The summed E-state index contributed by atoms with van der Waals surface area (Å²) in [6.45, 7) is 3.63. The summed E-state index contributed by atoms with van der Waals surface area (Å²) in [5.74, 6) is -2.65. The molecule has 1 saturated carbocycles. The molecule has 1 aliphatic carbocycles. The van der Waals surface area contributed by atoms with Crippen LogP contribution in [-0.2, 0) is 12.5 Å². The van der Waals surface area contributed by atoms with Gasteiger partial charge in [0.05, 0.1) is 0 Å². The lowest BCUT2D eigenvalue weighted by atomic mass is 9.77. The van der Waals surface area contributed by atoms with Gasteiger partial charge in [-0.15, -0.1) is 0 Å². The number of hydrogen-bond acceptors (Lipinski definition) is 1. The molecule has 0 saturated heterocycles. The Morgan fingerprint density at radius 3 is 2.47 bits per heavy atom. The molecule has 0 aromatic heterocycles. The Morgan fingerprint density at radius 2 is 1.94 bits per heavy atom. The molecule has 0 bridgehead atoms. The average molecular weight is 239 g/mol. The van der Waals surface area contributed by atoms with E-state index in [-0.39, 0.29) is 11.5 Å². The first-order chi connectivity index (χ1) is 7.89. The van der Waals surface area contributed by atoms with Crippen molar-refractivity contribution in [2.24, 2.45) is 17.1 Å². The largest absolute Gasteiger partial charge is 0.326 e. The molecule has 1 nitrogen and oxygen atoms in total. The SMILES string of the molecule is CC(C)(C1CC1)C(F)(F)c1cccc(CN)c1. The van der Waals surface area contributed by atoms with E-state index in [0.717, 1.165) is 18.4 Å². The number of alkyl halides is 2. The van der Waals surface area contributed by atoms with E-state index in [2.05, 4.69) is 0 Å². The lowest BCUT2D eigenvalue weighted by molar-refractivity contribution is -0.124.